The lowest BCUT2D eigenvalue weighted by molar-refractivity contribution is -0.137. The van der Waals surface area contributed by atoms with Crippen LogP contribution < -0.4 is 10.2 Å². The highest BCUT2D eigenvalue weighted by Gasteiger charge is 2.31. The summed E-state index contributed by atoms with van der Waals surface area (Å²) in [5.41, 5.74) is 2.20. The second kappa shape index (κ2) is 8.33. The van der Waals surface area contributed by atoms with Crippen molar-refractivity contribution >= 4 is 22.5 Å². The van der Waals surface area contributed by atoms with Gasteiger partial charge in [-0.3, -0.25) is 9.78 Å². The van der Waals surface area contributed by atoms with Crippen molar-refractivity contribution in [2.75, 3.05) is 45.2 Å². The number of aromatic nitrogens is 1. The molecule has 0 unspecified atom stereocenters. The Morgan fingerprint density at radius 3 is 2.96 bits per heavy atom. The topological polar surface area (TPSA) is 81.5 Å². The molecule has 142 valence electrons. The van der Waals surface area contributed by atoms with E-state index in [1.165, 1.54) is 0 Å². The first-order chi connectivity index (χ1) is 13.0. The van der Waals surface area contributed by atoms with Crippen LogP contribution in [0.2, 0.25) is 0 Å². The third kappa shape index (κ3) is 4.35. The van der Waals surface area contributed by atoms with E-state index in [0.29, 0.717) is 30.7 Å². The fourth-order valence-corrected chi connectivity index (χ4v) is 3.33. The van der Waals surface area contributed by atoms with Gasteiger partial charge in [-0.05, 0) is 45.3 Å². The van der Waals surface area contributed by atoms with Crippen LogP contribution in [0.5, 0.6) is 0 Å². The van der Waals surface area contributed by atoms with E-state index in [4.69, 9.17) is 4.74 Å². The minimum Gasteiger partial charge on any atom is -0.365 e. The van der Waals surface area contributed by atoms with Crippen molar-refractivity contribution in [1.82, 2.24) is 15.2 Å². The van der Waals surface area contributed by atoms with Gasteiger partial charge in [0.25, 0.3) is 5.91 Å². The zero-order valence-corrected chi connectivity index (χ0v) is 16.0. The number of carbonyl (C=O) groups is 1. The largest absolute Gasteiger partial charge is 0.365 e. The smallest absolute Gasteiger partial charge is 0.251 e. The molecule has 1 aromatic heterocycles. The Morgan fingerprint density at radius 2 is 2.22 bits per heavy atom. The molecule has 1 aliphatic heterocycles. The molecule has 2 heterocycles. The van der Waals surface area contributed by atoms with Gasteiger partial charge in [0.2, 0.25) is 0 Å². The summed E-state index contributed by atoms with van der Waals surface area (Å²) < 4.78 is 5.88. The number of nitrogens with one attached hydrogen (secondary N) is 1. The van der Waals surface area contributed by atoms with Crippen LogP contribution in [0, 0.1) is 11.3 Å². The van der Waals surface area contributed by atoms with Gasteiger partial charge in [-0.15, -0.1) is 0 Å². The minimum atomic E-state index is -0.529. The van der Waals surface area contributed by atoms with Gasteiger partial charge in [0.15, 0.2) is 6.10 Å². The first kappa shape index (κ1) is 19.1. The normalized spacial score (nSPS) is 19.9. The van der Waals surface area contributed by atoms with Gasteiger partial charge in [-0.25, -0.2) is 0 Å². The van der Waals surface area contributed by atoms with Crippen molar-refractivity contribution in [1.29, 1.82) is 5.26 Å². The Morgan fingerprint density at radius 1 is 1.41 bits per heavy atom. The number of hydrogen-bond donors (Lipinski definition) is 1. The van der Waals surface area contributed by atoms with Gasteiger partial charge >= 0.3 is 0 Å². The van der Waals surface area contributed by atoms with Crippen LogP contribution in [-0.4, -0.2) is 68.3 Å². The lowest BCUT2D eigenvalue weighted by atomic mass is 10.1. The maximum absolute atomic E-state index is 12.5. The fraction of sp³-hybridized carbons (Fsp3) is 0.450. The quantitative estimate of drug-likeness (QED) is 0.860. The van der Waals surface area contributed by atoms with E-state index in [9.17, 15) is 10.1 Å². The monoisotopic (exact) mass is 367 g/mol. The third-order valence-corrected chi connectivity index (χ3v) is 4.62. The highest BCUT2D eigenvalue weighted by atomic mass is 16.5. The number of carbonyl (C=O) groups excluding carboxylic acids is 1. The number of nitrogens with zero attached hydrogens (tertiary/aromatic N) is 4. The number of pyridine rings is 1. The summed E-state index contributed by atoms with van der Waals surface area (Å²) in [5, 5.41) is 13.2. The standard InChI is InChI=1S/C20H25N5O2/c1-14-12-25(13-18(27-14)20(26)23-9-10-24(2)3)17-7-6-15(11-21)19-16(17)5-4-8-22-19/h4-8,14,18H,9-10,12-13H2,1-3H3,(H,23,26)/t14-,18-/m1/s1. The van der Waals surface area contributed by atoms with Gasteiger partial charge < -0.3 is 19.9 Å². The highest BCUT2D eigenvalue weighted by Crippen LogP contribution is 2.30. The molecular formula is C20H25N5O2. The predicted molar refractivity (Wildman–Crippen MR) is 105 cm³/mol. The zero-order chi connectivity index (χ0) is 19.4. The van der Waals surface area contributed by atoms with Crippen molar-refractivity contribution in [3.05, 3.63) is 36.0 Å². The second-order valence-electron chi connectivity index (χ2n) is 7.08. The lowest BCUT2D eigenvalue weighted by Gasteiger charge is -2.38. The summed E-state index contributed by atoms with van der Waals surface area (Å²) in [4.78, 5) is 21.1. The first-order valence-corrected chi connectivity index (χ1v) is 9.10. The summed E-state index contributed by atoms with van der Waals surface area (Å²) in [6.45, 7) is 4.48. The fourth-order valence-electron chi connectivity index (χ4n) is 3.33. The molecule has 0 radical (unpaired) electrons. The van der Waals surface area contributed by atoms with Crippen molar-refractivity contribution in [2.45, 2.75) is 19.1 Å². The molecule has 0 bridgehead atoms. The average molecular weight is 367 g/mol. The number of amides is 1. The summed E-state index contributed by atoms with van der Waals surface area (Å²) in [6, 6.07) is 9.74. The molecule has 7 nitrogen and oxygen atoms in total. The van der Waals surface area contributed by atoms with Gasteiger partial charge in [0.1, 0.15) is 6.07 Å². The van der Waals surface area contributed by atoms with Crippen LogP contribution in [0.25, 0.3) is 10.9 Å². The molecular weight excluding hydrogens is 342 g/mol. The van der Waals surface area contributed by atoms with E-state index < -0.39 is 6.10 Å². The van der Waals surface area contributed by atoms with Crippen molar-refractivity contribution < 1.29 is 9.53 Å². The Hall–Kier alpha value is -2.69. The van der Waals surface area contributed by atoms with Gasteiger partial charge in [-0.2, -0.15) is 5.26 Å². The molecule has 1 N–H and O–H groups in total. The molecule has 2 aromatic rings. The van der Waals surface area contributed by atoms with Crippen LogP contribution >= 0.6 is 0 Å². The first-order valence-electron chi connectivity index (χ1n) is 9.10. The Labute approximate surface area is 159 Å². The minimum absolute atomic E-state index is 0.0780. The third-order valence-electron chi connectivity index (χ3n) is 4.62. The second-order valence-corrected chi connectivity index (χ2v) is 7.08. The number of fused-ring (bicyclic) bond motifs is 1. The van der Waals surface area contributed by atoms with Gasteiger partial charge in [0, 0.05) is 36.9 Å². The molecule has 2 atom stereocenters. The van der Waals surface area contributed by atoms with Crippen molar-refractivity contribution in [3.8, 4) is 6.07 Å². The molecule has 0 aliphatic carbocycles. The van der Waals surface area contributed by atoms with E-state index >= 15 is 0 Å². The van der Waals surface area contributed by atoms with E-state index in [2.05, 4.69) is 21.3 Å². The number of morpholine rings is 1. The Bertz CT molecular complexity index is 861. The maximum Gasteiger partial charge on any atom is 0.251 e. The van der Waals surface area contributed by atoms with Gasteiger partial charge in [0.05, 0.1) is 23.7 Å². The number of rotatable bonds is 5. The Balaban J connectivity index is 1.82. The maximum atomic E-state index is 12.5. The zero-order valence-electron chi connectivity index (χ0n) is 16.0. The molecule has 0 saturated carbocycles. The number of anilines is 1. The summed E-state index contributed by atoms with van der Waals surface area (Å²) >= 11 is 0. The van der Waals surface area contributed by atoms with E-state index in [1.54, 1.807) is 12.3 Å². The lowest BCUT2D eigenvalue weighted by Crippen LogP contribution is -2.53. The van der Waals surface area contributed by atoms with Crippen LogP contribution in [0.15, 0.2) is 30.5 Å². The van der Waals surface area contributed by atoms with Crippen LogP contribution in [0.4, 0.5) is 5.69 Å². The Kier molecular flexibility index (Phi) is 5.89. The van der Waals surface area contributed by atoms with Crippen molar-refractivity contribution in [3.63, 3.8) is 0 Å². The molecule has 1 amide bonds. The summed E-state index contributed by atoms with van der Waals surface area (Å²) in [5.74, 6) is -0.0931. The summed E-state index contributed by atoms with van der Waals surface area (Å²) in [7, 11) is 3.94. The van der Waals surface area contributed by atoms with E-state index in [-0.39, 0.29) is 12.0 Å². The highest BCUT2D eigenvalue weighted by molar-refractivity contribution is 5.95. The molecule has 1 saturated heterocycles. The van der Waals surface area contributed by atoms with Crippen LogP contribution in [0.3, 0.4) is 0 Å². The number of benzene rings is 1. The molecule has 27 heavy (non-hydrogen) atoms. The van der Waals surface area contributed by atoms with Crippen LogP contribution in [-0.2, 0) is 9.53 Å². The number of hydrogen-bond acceptors (Lipinski definition) is 6. The SMILES string of the molecule is C[C@@H]1CN(c2ccc(C#N)c3ncccc23)C[C@H](C(=O)NCCN(C)C)O1. The van der Waals surface area contributed by atoms with E-state index in [1.807, 2.05) is 44.1 Å². The molecule has 1 aliphatic rings. The molecule has 7 heteroatoms. The van der Waals surface area contributed by atoms with E-state index in [0.717, 1.165) is 17.6 Å². The molecule has 3 rings (SSSR count). The number of nitriles is 1. The predicted octanol–water partition coefficient (Wildman–Crippen LogP) is 1.38. The molecule has 1 aromatic carbocycles. The van der Waals surface area contributed by atoms with Crippen molar-refractivity contribution in [2.24, 2.45) is 0 Å². The van der Waals surface area contributed by atoms with Gasteiger partial charge in [-0.1, -0.05) is 0 Å². The number of ether oxygens (including phenoxy) is 1. The average Bonchev–Trinajstić information content (AvgIpc) is 2.66. The van der Waals surface area contributed by atoms with Crippen LogP contribution in [0.1, 0.15) is 12.5 Å². The molecule has 1 fully saturated rings. The summed E-state index contributed by atoms with van der Waals surface area (Å²) in [6.07, 6.45) is 1.08. The molecule has 0 spiro atoms. The number of likely N-dealkylation sites (N-methyl/N-ethyl adjacent to an activating group) is 1.